The highest BCUT2D eigenvalue weighted by atomic mass is 35.5. The van der Waals surface area contributed by atoms with Gasteiger partial charge in [-0.2, -0.15) is 4.98 Å². The third kappa shape index (κ3) is 2.84. The Bertz CT molecular complexity index is 905. The van der Waals surface area contributed by atoms with E-state index in [1.807, 2.05) is 18.2 Å². The van der Waals surface area contributed by atoms with Gasteiger partial charge in [-0.05, 0) is 17.7 Å². The van der Waals surface area contributed by atoms with Crippen molar-refractivity contribution in [2.75, 3.05) is 0 Å². The second-order valence-corrected chi connectivity index (χ2v) is 5.12. The molecular formula is C16H12ClN3O2. The van der Waals surface area contributed by atoms with Gasteiger partial charge in [0.05, 0.1) is 5.52 Å². The number of H-pyrrole nitrogens is 1. The Balaban J connectivity index is 1.90. The lowest BCUT2D eigenvalue weighted by molar-refractivity contribution is 0.0947. The van der Waals surface area contributed by atoms with Gasteiger partial charge in [0.25, 0.3) is 5.91 Å². The Labute approximate surface area is 131 Å². The highest BCUT2D eigenvalue weighted by molar-refractivity contribution is 6.31. The molecular weight excluding hydrogens is 302 g/mol. The standard InChI is InChI=1S/C16H12ClN3O2/c17-12-7-3-1-5-10(12)9-18-15(21)14-11-6-2-4-8-13(11)19-16(22)20-14/h1-8H,9H2,(H,18,21)(H,19,20,22). The van der Waals surface area contributed by atoms with Crippen LogP contribution in [0.15, 0.2) is 53.3 Å². The van der Waals surface area contributed by atoms with Gasteiger partial charge in [-0.3, -0.25) is 4.79 Å². The van der Waals surface area contributed by atoms with E-state index in [0.717, 1.165) is 5.56 Å². The van der Waals surface area contributed by atoms with Crippen molar-refractivity contribution in [1.29, 1.82) is 0 Å². The normalized spacial score (nSPS) is 10.6. The number of carbonyl (C=O) groups is 1. The molecule has 0 atom stereocenters. The Kier molecular flexibility index (Phi) is 3.89. The SMILES string of the molecule is O=C(NCc1ccccc1Cl)c1nc(=O)[nH]c2ccccc12. The minimum atomic E-state index is -0.554. The van der Waals surface area contributed by atoms with Crippen molar-refractivity contribution in [3.05, 3.63) is 75.3 Å². The number of aromatic nitrogens is 2. The number of rotatable bonds is 3. The van der Waals surface area contributed by atoms with Crippen LogP contribution in [-0.2, 0) is 6.54 Å². The van der Waals surface area contributed by atoms with Crippen molar-refractivity contribution < 1.29 is 4.79 Å². The summed E-state index contributed by atoms with van der Waals surface area (Å²) in [4.78, 5) is 30.3. The molecule has 0 aliphatic heterocycles. The molecule has 0 aliphatic rings. The number of fused-ring (bicyclic) bond motifs is 1. The van der Waals surface area contributed by atoms with Gasteiger partial charge in [0, 0.05) is 17.0 Å². The van der Waals surface area contributed by atoms with Crippen LogP contribution in [0.2, 0.25) is 5.02 Å². The molecule has 0 radical (unpaired) electrons. The van der Waals surface area contributed by atoms with Crippen LogP contribution in [0.1, 0.15) is 16.1 Å². The van der Waals surface area contributed by atoms with Crippen LogP contribution >= 0.6 is 11.6 Å². The van der Waals surface area contributed by atoms with E-state index in [-0.39, 0.29) is 12.2 Å². The number of nitrogens with zero attached hydrogens (tertiary/aromatic N) is 1. The maximum atomic E-state index is 12.3. The fraction of sp³-hybridized carbons (Fsp3) is 0.0625. The molecule has 110 valence electrons. The van der Waals surface area contributed by atoms with Crippen LogP contribution in [0, 0.1) is 0 Å². The summed E-state index contributed by atoms with van der Waals surface area (Å²) in [7, 11) is 0. The average Bonchev–Trinajstić information content (AvgIpc) is 2.53. The summed E-state index contributed by atoms with van der Waals surface area (Å²) in [6.45, 7) is 0.265. The van der Waals surface area contributed by atoms with E-state index in [9.17, 15) is 9.59 Å². The van der Waals surface area contributed by atoms with Gasteiger partial charge in [-0.1, -0.05) is 48.0 Å². The number of nitrogens with one attached hydrogen (secondary N) is 2. The van der Waals surface area contributed by atoms with Crippen LogP contribution in [0.3, 0.4) is 0 Å². The van der Waals surface area contributed by atoms with E-state index in [1.165, 1.54) is 0 Å². The molecule has 0 bridgehead atoms. The van der Waals surface area contributed by atoms with Crippen molar-refractivity contribution in [3.8, 4) is 0 Å². The molecule has 1 amide bonds. The average molecular weight is 314 g/mol. The molecule has 0 unspecified atom stereocenters. The van der Waals surface area contributed by atoms with Crippen molar-refractivity contribution in [2.24, 2.45) is 0 Å². The van der Waals surface area contributed by atoms with Gasteiger partial charge >= 0.3 is 5.69 Å². The first-order valence-electron chi connectivity index (χ1n) is 6.66. The number of para-hydroxylation sites is 1. The number of aromatic amines is 1. The number of benzene rings is 2. The maximum Gasteiger partial charge on any atom is 0.346 e. The zero-order valence-corrected chi connectivity index (χ0v) is 12.2. The van der Waals surface area contributed by atoms with Gasteiger partial charge in [-0.25, -0.2) is 4.79 Å². The molecule has 0 saturated carbocycles. The molecule has 0 spiro atoms. The number of hydrogen-bond donors (Lipinski definition) is 2. The molecule has 3 rings (SSSR count). The summed E-state index contributed by atoms with van der Waals surface area (Å²) in [5, 5.41) is 3.91. The predicted octanol–water partition coefficient (Wildman–Crippen LogP) is 2.51. The topological polar surface area (TPSA) is 74.8 Å². The molecule has 0 fully saturated rings. The van der Waals surface area contributed by atoms with E-state index in [4.69, 9.17) is 11.6 Å². The number of hydrogen-bond acceptors (Lipinski definition) is 3. The Morgan fingerprint density at radius 3 is 2.68 bits per heavy atom. The lowest BCUT2D eigenvalue weighted by Gasteiger charge is -2.08. The Morgan fingerprint density at radius 1 is 1.14 bits per heavy atom. The summed E-state index contributed by atoms with van der Waals surface area (Å²) in [5.74, 6) is -0.415. The van der Waals surface area contributed by atoms with E-state index in [0.29, 0.717) is 15.9 Å². The van der Waals surface area contributed by atoms with Crippen LogP contribution in [-0.4, -0.2) is 15.9 Å². The van der Waals surface area contributed by atoms with Gasteiger partial charge in [0.1, 0.15) is 5.69 Å². The van der Waals surface area contributed by atoms with Crippen molar-refractivity contribution in [3.63, 3.8) is 0 Å². The molecule has 3 aromatic rings. The highest BCUT2D eigenvalue weighted by Crippen LogP contribution is 2.15. The lowest BCUT2D eigenvalue weighted by Crippen LogP contribution is -2.27. The first kappa shape index (κ1) is 14.3. The van der Waals surface area contributed by atoms with Crippen molar-refractivity contribution >= 4 is 28.4 Å². The van der Waals surface area contributed by atoms with E-state index >= 15 is 0 Å². The second kappa shape index (κ2) is 5.99. The van der Waals surface area contributed by atoms with Gasteiger partial charge in [0.15, 0.2) is 0 Å². The fourth-order valence-electron chi connectivity index (χ4n) is 2.18. The summed E-state index contributed by atoms with van der Waals surface area (Å²) in [5.41, 5.74) is 0.921. The molecule has 1 aromatic heterocycles. The zero-order valence-electron chi connectivity index (χ0n) is 11.5. The third-order valence-corrected chi connectivity index (χ3v) is 3.62. The second-order valence-electron chi connectivity index (χ2n) is 4.71. The van der Waals surface area contributed by atoms with E-state index < -0.39 is 11.6 Å². The van der Waals surface area contributed by atoms with Gasteiger partial charge < -0.3 is 10.3 Å². The van der Waals surface area contributed by atoms with E-state index in [1.54, 1.807) is 30.3 Å². The minimum Gasteiger partial charge on any atom is -0.347 e. The zero-order chi connectivity index (χ0) is 15.5. The molecule has 0 aliphatic carbocycles. The fourth-order valence-corrected chi connectivity index (χ4v) is 2.38. The molecule has 2 aromatic carbocycles. The first-order valence-corrected chi connectivity index (χ1v) is 7.03. The summed E-state index contributed by atoms with van der Waals surface area (Å²) < 4.78 is 0. The van der Waals surface area contributed by atoms with Crippen molar-refractivity contribution in [2.45, 2.75) is 6.54 Å². The molecule has 0 saturated heterocycles. The highest BCUT2D eigenvalue weighted by Gasteiger charge is 2.13. The quantitative estimate of drug-likeness (QED) is 0.780. The molecule has 22 heavy (non-hydrogen) atoms. The predicted molar refractivity (Wildman–Crippen MR) is 85.0 cm³/mol. The maximum absolute atomic E-state index is 12.3. The van der Waals surface area contributed by atoms with Crippen molar-refractivity contribution in [1.82, 2.24) is 15.3 Å². The number of halogens is 1. The van der Waals surface area contributed by atoms with Crippen LogP contribution in [0.4, 0.5) is 0 Å². The van der Waals surface area contributed by atoms with Gasteiger partial charge in [0.2, 0.25) is 0 Å². The summed E-state index contributed by atoms with van der Waals surface area (Å²) in [6, 6.07) is 14.3. The van der Waals surface area contributed by atoms with Crippen LogP contribution in [0.5, 0.6) is 0 Å². The van der Waals surface area contributed by atoms with Gasteiger partial charge in [-0.15, -0.1) is 0 Å². The monoisotopic (exact) mass is 313 g/mol. The molecule has 1 heterocycles. The smallest absolute Gasteiger partial charge is 0.346 e. The first-order chi connectivity index (χ1) is 10.6. The number of amides is 1. The number of carbonyl (C=O) groups excluding carboxylic acids is 1. The Hall–Kier alpha value is -2.66. The van der Waals surface area contributed by atoms with E-state index in [2.05, 4.69) is 15.3 Å². The summed E-state index contributed by atoms with van der Waals surface area (Å²) in [6.07, 6.45) is 0. The summed E-state index contributed by atoms with van der Waals surface area (Å²) >= 11 is 6.05. The molecule has 5 nitrogen and oxygen atoms in total. The molecule has 2 N–H and O–H groups in total. The third-order valence-electron chi connectivity index (χ3n) is 3.25. The molecule has 6 heteroatoms. The Morgan fingerprint density at radius 2 is 1.86 bits per heavy atom. The minimum absolute atomic E-state index is 0.103. The lowest BCUT2D eigenvalue weighted by atomic mass is 10.1. The van der Waals surface area contributed by atoms with Crippen LogP contribution in [0.25, 0.3) is 10.9 Å². The van der Waals surface area contributed by atoms with Crippen LogP contribution < -0.4 is 11.0 Å². The largest absolute Gasteiger partial charge is 0.347 e.